The van der Waals surface area contributed by atoms with Gasteiger partial charge in [-0.2, -0.15) is 0 Å². The van der Waals surface area contributed by atoms with Crippen molar-refractivity contribution in [2.24, 2.45) is 0 Å². The number of carbonyl (C=O) groups excluding carboxylic acids is 1. The van der Waals surface area contributed by atoms with E-state index in [2.05, 4.69) is 36.5 Å². The lowest BCUT2D eigenvalue weighted by Crippen LogP contribution is -2.35. The second kappa shape index (κ2) is 7.39. The molecule has 25 heavy (non-hydrogen) atoms. The molecule has 0 aliphatic carbocycles. The number of nitrogens with one attached hydrogen (secondary N) is 1. The van der Waals surface area contributed by atoms with Crippen LogP contribution < -0.4 is 10.1 Å². The normalized spacial score (nSPS) is 12.0. The molecule has 0 aromatic heterocycles. The number of carbonyl (C=O) groups is 1. The van der Waals surface area contributed by atoms with Crippen LogP contribution in [0, 0.1) is 13.8 Å². The molecule has 0 fully saturated rings. The Morgan fingerprint density at radius 2 is 1.72 bits per heavy atom. The minimum atomic E-state index is -0.539. The average Bonchev–Trinajstić information content (AvgIpc) is 2.62. The Morgan fingerprint density at radius 1 is 0.960 bits per heavy atom. The highest BCUT2D eigenvalue weighted by Gasteiger charge is 2.14. The van der Waals surface area contributed by atoms with Gasteiger partial charge in [-0.3, -0.25) is 4.79 Å². The number of aryl methyl sites for hydroxylation is 2. The summed E-state index contributed by atoms with van der Waals surface area (Å²) in [5, 5.41) is 5.32. The highest BCUT2D eigenvalue weighted by atomic mass is 16.5. The van der Waals surface area contributed by atoms with Crippen molar-refractivity contribution in [2.45, 2.75) is 33.4 Å². The molecule has 0 spiro atoms. The Hall–Kier alpha value is -2.81. The molecular formula is C22H23NO2. The van der Waals surface area contributed by atoms with E-state index < -0.39 is 6.10 Å². The predicted octanol–water partition coefficient (Wildman–Crippen LogP) is 4.54. The smallest absolute Gasteiger partial charge is 0.261 e. The van der Waals surface area contributed by atoms with E-state index in [1.165, 1.54) is 16.3 Å². The molecule has 0 heterocycles. The van der Waals surface area contributed by atoms with Crippen molar-refractivity contribution in [2.75, 3.05) is 0 Å². The van der Waals surface area contributed by atoms with Gasteiger partial charge >= 0.3 is 0 Å². The van der Waals surface area contributed by atoms with Crippen LogP contribution in [0.3, 0.4) is 0 Å². The van der Waals surface area contributed by atoms with Crippen LogP contribution in [-0.4, -0.2) is 12.0 Å². The first-order valence-corrected chi connectivity index (χ1v) is 8.52. The lowest BCUT2D eigenvalue weighted by atomic mass is 10.1. The topological polar surface area (TPSA) is 38.3 Å². The summed E-state index contributed by atoms with van der Waals surface area (Å²) < 4.78 is 5.76. The molecule has 0 aliphatic rings. The molecule has 0 aliphatic heterocycles. The van der Waals surface area contributed by atoms with E-state index in [9.17, 15) is 4.79 Å². The van der Waals surface area contributed by atoms with Crippen molar-refractivity contribution >= 4 is 16.7 Å². The largest absolute Gasteiger partial charge is 0.481 e. The second-order valence-corrected chi connectivity index (χ2v) is 6.41. The quantitative estimate of drug-likeness (QED) is 0.744. The van der Waals surface area contributed by atoms with Crippen molar-refractivity contribution in [3.05, 3.63) is 77.4 Å². The summed E-state index contributed by atoms with van der Waals surface area (Å²) in [4.78, 5) is 12.3. The minimum absolute atomic E-state index is 0.119. The summed E-state index contributed by atoms with van der Waals surface area (Å²) in [6.07, 6.45) is -0.539. The summed E-state index contributed by atoms with van der Waals surface area (Å²) in [6, 6.07) is 20.3. The third-order valence-corrected chi connectivity index (χ3v) is 4.44. The molecule has 3 rings (SSSR count). The van der Waals surface area contributed by atoms with Crippen LogP contribution in [0.25, 0.3) is 10.8 Å². The first kappa shape index (κ1) is 17.0. The van der Waals surface area contributed by atoms with Gasteiger partial charge in [0.25, 0.3) is 5.91 Å². The van der Waals surface area contributed by atoms with E-state index in [1.54, 1.807) is 6.92 Å². The number of amides is 1. The molecule has 3 nitrogen and oxygen atoms in total. The number of hydrogen-bond acceptors (Lipinski definition) is 2. The van der Waals surface area contributed by atoms with E-state index in [-0.39, 0.29) is 5.91 Å². The van der Waals surface area contributed by atoms with Crippen molar-refractivity contribution in [3.63, 3.8) is 0 Å². The molecule has 1 unspecified atom stereocenters. The lowest BCUT2D eigenvalue weighted by molar-refractivity contribution is -0.127. The summed E-state index contributed by atoms with van der Waals surface area (Å²) in [5.41, 5.74) is 3.44. The van der Waals surface area contributed by atoms with Gasteiger partial charge in [0.2, 0.25) is 0 Å². The average molecular weight is 333 g/mol. The monoisotopic (exact) mass is 333 g/mol. The molecule has 3 aromatic rings. The van der Waals surface area contributed by atoms with Gasteiger partial charge in [-0.25, -0.2) is 0 Å². The summed E-state index contributed by atoms with van der Waals surface area (Å²) in [7, 11) is 0. The van der Waals surface area contributed by atoms with Gasteiger partial charge in [0.05, 0.1) is 0 Å². The minimum Gasteiger partial charge on any atom is -0.481 e. The van der Waals surface area contributed by atoms with E-state index in [0.29, 0.717) is 6.54 Å². The summed E-state index contributed by atoms with van der Waals surface area (Å²) >= 11 is 0. The van der Waals surface area contributed by atoms with Crippen LogP contribution in [0.15, 0.2) is 60.7 Å². The molecular weight excluding hydrogens is 310 g/mol. The van der Waals surface area contributed by atoms with Crippen LogP contribution in [0.5, 0.6) is 5.75 Å². The molecule has 0 radical (unpaired) electrons. The van der Waals surface area contributed by atoms with Crippen LogP contribution in [-0.2, 0) is 11.3 Å². The fourth-order valence-corrected chi connectivity index (χ4v) is 2.73. The second-order valence-electron chi connectivity index (χ2n) is 6.41. The van der Waals surface area contributed by atoms with E-state index >= 15 is 0 Å². The standard InChI is InChI=1S/C22H23NO2/c1-15-8-11-21(12-16(15)2)25-17(3)22(24)23-14-18-9-10-19-6-4-5-7-20(19)13-18/h4-13,17H,14H2,1-3H3,(H,23,24). The van der Waals surface area contributed by atoms with Crippen LogP contribution in [0.2, 0.25) is 0 Å². The molecule has 3 aromatic carbocycles. The van der Waals surface area contributed by atoms with Crippen LogP contribution in [0.1, 0.15) is 23.6 Å². The molecule has 0 bridgehead atoms. The van der Waals surface area contributed by atoms with Gasteiger partial charge < -0.3 is 10.1 Å². The van der Waals surface area contributed by atoms with E-state index in [4.69, 9.17) is 4.74 Å². The lowest BCUT2D eigenvalue weighted by Gasteiger charge is -2.16. The third kappa shape index (κ3) is 4.18. The first-order chi connectivity index (χ1) is 12.0. The zero-order valence-electron chi connectivity index (χ0n) is 14.9. The van der Waals surface area contributed by atoms with Crippen LogP contribution in [0.4, 0.5) is 0 Å². The van der Waals surface area contributed by atoms with Gasteiger partial charge in [0.15, 0.2) is 6.10 Å². The summed E-state index contributed by atoms with van der Waals surface area (Å²) in [6.45, 7) is 6.35. The Labute approximate surface area is 148 Å². The van der Waals surface area contributed by atoms with Crippen molar-refractivity contribution in [1.82, 2.24) is 5.32 Å². The third-order valence-electron chi connectivity index (χ3n) is 4.44. The number of benzene rings is 3. The van der Waals surface area contributed by atoms with Gasteiger partial charge in [-0.05, 0) is 66.4 Å². The molecule has 3 heteroatoms. The SMILES string of the molecule is Cc1ccc(OC(C)C(=O)NCc2ccc3ccccc3c2)cc1C. The van der Waals surface area contributed by atoms with E-state index in [0.717, 1.165) is 16.9 Å². The van der Waals surface area contributed by atoms with Gasteiger partial charge in [0.1, 0.15) is 5.75 Å². The van der Waals surface area contributed by atoms with Crippen molar-refractivity contribution in [3.8, 4) is 5.75 Å². The highest BCUT2D eigenvalue weighted by molar-refractivity contribution is 5.83. The van der Waals surface area contributed by atoms with E-state index in [1.807, 2.05) is 43.3 Å². The highest BCUT2D eigenvalue weighted by Crippen LogP contribution is 2.18. The van der Waals surface area contributed by atoms with Gasteiger partial charge in [-0.1, -0.05) is 42.5 Å². The molecule has 128 valence electrons. The Bertz CT molecular complexity index is 901. The molecule has 0 saturated heterocycles. The van der Waals surface area contributed by atoms with Gasteiger partial charge in [0, 0.05) is 6.54 Å². The first-order valence-electron chi connectivity index (χ1n) is 8.52. The fraction of sp³-hybridized carbons (Fsp3) is 0.227. The maximum atomic E-state index is 12.3. The zero-order chi connectivity index (χ0) is 17.8. The Kier molecular flexibility index (Phi) is 5.03. The molecule has 1 amide bonds. The maximum Gasteiger partial charge on any atom is 0.261 e. The number of hydrogen-bond donors (Lipinski definition) is 1. The zero-order valence-corrected chi connectivity index (χ0v) is 14.9. The molecule has 1 N–H and O–H groups in total. The molecule has 0 saturated carbocycles. The van der Waals surface area contributed by atoms with Crippen LogP contribution >= 0.6 is 0 Å². The summed E-state index contributed by atoms with van der Waals surface area (Å²) in [5.74, 6) is 0.600. The van der Waals surface area contributed by atoms with Crippen molar-refractivity contribution in [1.29, 1.82) is 0 Å². The van der Waals surface area contributed by atoms with Crippen molar-refractivity contribution < 1.29 is 9.53 Å². The van der Waals surface area contributed by atoms with Gasteiger partial charge in [-0.15, -0.1) is 0 Å². The number of rotatable bonds is 5. The number of fused-ring (bicyclic) bond motifs is 1. The Morgan fingerprint density at radius 3 is 2.48 bits per heavy atom. The fourth-order valence-electron chi connectivity index (χ4n) is 2.73. The molecule has 1 atom stereocenters. The number of ether oxygens (including phenoxy) is 1. The predicted molar refractivity (Wildman–Crippen MR) is 102 cm³/mol. The Balaban J connectivity index is 1.59. The maximum absolute atomic E-state index is 12.3.